The Balaban J connectivity index is 2.53. The van der Waals surface area contributed by atoms with Gasteiger partial charge in [-0.15, -0.1) is 0 Å². The third-order valence-electron chi connectivity index (χ3n) is 1.65. The number of esters is 1. The van der Waals surface area contributed by atoms with E-state index in [-0.39, 0.29) is 23.9 Å². The van der Waals surface area contributed by atoms with Crippen LogP contribution in [-0.2, 0) is 9.53 Å². The summed E-state index contributed by atoms with van der Waals surface area (Å²) in [6.07, 6.45) is 0. The molecule has 0 atom stereocenters. The first-order chi connectivity index (χ1) is 7.76. The van der Waals surface area contributed by atoms with Crippen LogP contribution in [0.15, 0.2) is 18.2 Å². The second-order valence-electron chi connectivity index (χ2n) is 4.56. The van der Waals surface area contributed by atoms with Gasteiger partial charge in [-0.05, 0) is 20.8 Å². The quantitative estimate of drug-likeness (QED) is 0.788. The summed E-state index contributed by atoms with van der Waals surface area (Å²) in [6, 6.07) is 3.76. The molecule has 17 heavy (non-hydrogen) atoms. The van der Waals surface area contributed by atoms with Gasteiger partial charge in [0.2, 0.25) is 0 Å². The first-order valence-corrected chi connectivity index (χ1v) is 5.14. The Morgan fingerprint density at radius 3 is 2.18 bits per heavy atom. The molecule has 0 fully saturated rings. The number of carbonyl (C=O) groups excluding carboxylic acids is 1. The van der Waals surface area contributed by atoms with Crippen LogP contribution in [0, 0.1) is 0 Å². The molecule has 0 aromatic heterocycles. The van der Waals surface area contributed by atoms with Gasteiger partial charge in [-0.25, -0.2) is 4.79 Å². The van der Waals surface area contributed by atoms with Gasteiger partial charge in [0, 0.05) is 18.2 Å². The normalized spacial score (nSPS) is 11.0. The van der Waals surface area contributed by atoms with Crippen molar-refractivity contribution in [2.75, 3.05) is 6.61 Å². The molecule has 0 heterocycles. The van der Waals surface area contributed by atoms with Crippen LogP contribution < -0.4 is 4.74 Å². The molecule has 0 aliphatic carbocycles. The van der Waals surface area contributed by atoms with E-state index in [0.29, 0.717) is 0 Å². The molecule has 0 amide bonds. The number of hydrogen-bond acceptors (Lipinski definition) is 5. The van der Waals surface area contributed by atoms with E-state index in [2.05, 4.69) is 0 Å². The summed E-state index contributed by atoms with van der Waals surface area (Å²) in [4.78, 5) is 11.3. The molecular formula is C12H16O5. The molecular weight excluding hydrogens is 224 g/mol. The van der Waals surface area contributed by atoms with Crippen molar-refractivity contribution < 1.29 is 24.5 Å². The van der Waals surface area contributed by atoms with Crippen LogP contribution in [0.4, 0.5) is 0 Å². The van der Waals surface area contributed by atoms with Crippen LogP contribution in [0.2, 0.25) is 0 Å². The molecule has 5 heteroatoms. The molecule has 0 saturated heterocycles. The summed E-state index contributed by atoms with van der Waals surface area (Å²) in [6.45, 7) is 4.99. The van der Waals surface area contributed by atoms with E-state index in [1.807, 2.05) is 0 Å². The van der Waals surface area contributed by atoms with Gasteiger partial charge in [-0.1, -0.05) is 0 Å². The highest BCUT2D eigenvalue weighted by atomic mass is 16.6. The Hall–Kier alpha value is -1.91. The second-order valence-corrected chi connectivity index (χ2v) is 4.56. The predicted octanol–water partition coefficient (Wildman–Crippen LogP) is 1.82. The lowest BCUT2D eigenvalue weighted by atomic mass is 10.2. The van der Waals surface area contributed by atoms with Crippen LogP contribution in [-0.4, -0.2) is 28.4 Å². The highest BCUT2D eigenvalue weighted by Crippen LogP contribution is 2.25. The first kappa shape index (κ1) is 13.2. The lowest BCUT2D eigenvalue weighted by Gasteiger charge is -2.19. The van der Waals surface area contributed by atoms with Crippen LogP contribution in [0.3, 0.4) is 0 Å². The summed E-state index contributed by atoms with van der Waals surface area (Å²) in [5.74, 6) is -0.581. The van der Waals surface area contributed by atoms with Gasteiger partial charge < -0.3 is 19.7 Å². The van der Waals surface area contributed by atoms with Crippen LogP contribution in [0.25, 0.3) is 0 Å². The maximum absolute atomic E-state index is 11.3. The minimum atomic E-state index is -0.568. The highest BCUT2D eigenvalue weighted by molar-refractivity contribution is 5.71. The van der Waals surface area contributed by atoms with Gasteiger partial charge in [0.1, 0.15) is 22.8 Å². The van der Waals surface area contributed by atoms with Crippen molar-refractivity contribution in [2.45, 2.75) is 26.4 Å². The fourth-order valence-electron chi connectivity index (χ4n) is 1.16. The van der Waals surface area contributed by atoms with Gasteiger partial charge in [-0.2, -0.15) is 0 Å². The number of rotatable bonds is 3. The Labute approximate surface area is 99.6 Å². The molecule has 1 aromatic rings. The predicted molar refractivity (Wildman–Crippen MR) is 61.1 cm³/mol. The Kier molecular flexibility index (Phi) is 3.83. The minimum Gasteiger partial charge on any atom is -0.508 e. The minimum absolute atomic E-state index is 0.135. The van der Waals surface area contributed by atoms with Crippen LogP contribution >= 0.6 is 0 Å². The molecule has 2 N–H and O–H groups in total. The van der Waals surface area contributed by atoms with Crippen molar-refractivity contribution in [1.29, 1.82) is 0 Å². The second kappa shape index (κ2) is 4.95. The van der Waals surface area contributed by atoms with E-state index in [4.69, 9.17) is 9.47 Å². The van der Waals surface area contributed by atoms with Crippen LogP contribution in [0.1, 0.15) is 20.8 Å². The van der Waals surface area contributed by atoms with Crippen molar-refractivity contribution in [3.05, 3.63) is 18.2 Å². The maximum Gasteiger partial charge on any atom is 0.344 e. The number of phenolic OH excluding ortho intramolecular Hbond substituents is 2. The van der Waals surface area contributed by atoms with Crippen molar-refractivity contribution in [1.82, 2.24) is 0 Å². The molecule has 94 valence electrons. The largest absolute Gasteiger partial charge is 0.508 e. The number of benzene rings is 1. The summed E-state index contributed by atoms with van der Waals surface area (Å²) >= 11 is 0. The fraction of sp³-hybridized carbons (Fsp3) is 0.417. The number of hydrogen-bond donors (Lipinski definition) is 2. The highest BCUT2D eigenvalue weighted by Gasteiger charge is 2.16. The lowest BCUT2D eigenvalue weighted by Crippen LogP contribution is -2.27. The molecule has 1 aromatic carbocycles. The zero-order valence-electron chi connectivity index (χ0n) is 10.1. The molecule has 0 saturated carbocycles. The number of carbonyl (C=O) groups is 1. The molecule has 5 nitrogen and oxygen atoms in total. The number of aromatic hydroxyl groups is 2. The van der Waals surface area contributed by atoms with Crippen LogP contribution in [0.5, 0.6) is 17.2 Å². The zero-order chi connectivity index (χ0) is 13.1. The monoisotopic (exact) mass is 240 g/mol. The van der Waals surface area contributed by atoms with Gasteiger partial charge in [0.05, 0.1) is 0 Å². The van der Waals surface area contributed by atoms with E-state index in [1.165, 1.54) is 18.2 Å². The van der Waals surface area contributed by atoms with E-state index in [0.717, 1.165) is 0 Å². The van der Waals surface area contributed by atoms with Crippen molar-refractivity contribution in [2.24, 2.45) is 0 Å². The Bertz CT molecular complexity index is 386. The first-order valence-electron chi connectivity index (χ1n) is 5.14. The third-order valence-corrected chi connectivity index (χ3v) is 1.65. The van der Waals surface area contributed by atoms with E-state index in [1.54, 1.807) is 20.8 Å². The van der Waals surface area contributed by atoms with Gasteiger partial charge in [-0.3, -0.25) is 0 Å². The molecule has 0 unspecified atom stereocenters. The number of ether oxygens (including phenoxy) is 2. The molecule has 0 aliphatic heterocycles. The lowest BCUT2D eigenvalue weighted by molar-refractivity contribution is -0.157. The zero-order valence-corrected chi connectivity index (χ0v) is 10.1. The molecule has 0 bridgehead atoms. The standard InChI is InChI=1S/C12H16O5/c1-12(2,3)17-11(15)7-16-10-5-8(13)4-9(14)6-10/h4-6,13-14H,7H2,1-3H3. The van der Waals surface area contributed by atoms with Crippen molar-refractivity contribution >= 4 is 5.97 Å². The topological polar surface area (TPSA) is 76.0 Å². The molecule has 0 spiro atoms. The van der Waals surface area contributed by atoms with Gasteiger partial charge in [0.25, 0.3) is 0 Å². The SMILES string of the molecule is CC(C)(C)OC(=O)COc1cc(O)cc(O)c1. The number of phenols is 2. The van der Waals surface area contributed by atoms with E-state index >= 15 is 0 Å². The average molecular weight is 240 g/mol. The van der Waals surface area contributed by atoms with Gasteiger partial charge in [0.15, 0.2) is 6.61 Å². The molecule has 0 radical (unpaired) electrons. The Morgan fingerprint density at radius 2 is 1.71 bits per heavy atom. The summed E-state index contributed by atoms with van der Waals surface area (Å²) in [5.41, 5.74) is -0.568. The maximum atomic E-state index is 11.3. The molecule has 1 rings (SSSR count). The van der Waals surface area contributed by atoms with Crippen molar-refractivity contribution in [3.8, 4) is 17.2 Å². The van der Waals surface area contributed by atoms with Gasteiger partial charge >= 0.3 is 5.97 Å². The fourth-order valence-corrected chi connectivity index (χ4v) is 1.16. The third kappa shape index (κ3) is 5.10. The summed E-state index contributed by atoms with van der Waals surface area (Å²) < 4.78 is 10.1. The van der Waals surface area contributed by atoms with Crippen molar-refractivity contribution in [3.63, 3.8) is 0 Å². The van der Waals surface area contributed by atoms with E-state index < -0.39 is 11.6 Å². The van der Waals surface area contributed by atoms with E-state index in [9.17, 15) is 15.0 Å². The molecule has 0 aliphatic rings. The summed E-state index contributed by atoms with van der Waals surface area (Å²) in [5, 5.41) is 18.4. The summed E-state index contributed by atoms with van der Waals surface area (Å²) in [7, 11) is 0. The Morgan fingerprint density at radius 1 is 1.18 bits per heavy atom. The average Bonchev–Trinajstić information content (AvgIpc) is 2.10. The smallest absolute Gasteiger partial charge is 0.344 e.